The lowest BCUT2D eigenvalue weighted by molar-refractivity contribution is 0.365. The van der Waals surface area contributed by atoms with Gasteiger partial charge in [-0.05, 0) is 18.1 Å². The van der Waals surface area contributed by atoms with Crippen LogP contribution in [0.3, 0.4) is 0 Å². The van der Waals surface area contributed by atoms with Gasteiger partial charge < -0.3 is 15.3 Å². The predicted octanol–water partition coefficient (Wildman–Crippen LogP) is 2.10. The summed E-state index contributed by atoms with van der Waals surface area (Å²) in [5, 5.41) is 30.6. The van der Waals surface area contributed by atoms with Gasteiger partial charge in [-0.1, -0.05) is 13.8 Å². The molecular formula is C18H24Cl2N8O. The van der Waals surface area contributed by atoms with Gasteiger partial charge in [0.15, 0.2) is 0 Å². The maximum atomic E-state index is 10.4. The fourth-order valence-corrected chi connectivity index (χ4v) is 3.15. The van der Waals surface area contributed by atoms with Crippen molar-refractivity contribution < 1.29 is 5.11 Å². The van der Waals surface area contributed by atoms with Crippen LogP contribution in [0.15, 0.2) is 36.8 Å². The summed E-state index contributed by atoms with van der Waals surface area (Å²) in [6, 6.07) is 5.58. The highest BCUT2D eigenvalue weighted by molar-refractivity contribution is 5.85. The number of benzene rings is 1. The SMILES string of the molecule is CC(C)[C@H]1CN(c2ncc(-c3ccc(-n4nccn4)cc3O)nn2)CCN1.Cl.Cl. The quantitative estimate of drug-likeness (QED) is 0.637. The number of hydrogen-bond acceptors (Lipinski definition) is 8. The molecule has 3 heterocycles. The summed E-state index contributed by atoms with van der Waals surface area (Å²) in [5.41, 5.74) is 1.75. The number of aromatic nitrogens is 6. The number of rotatable bonds is 4. The van der Waals surface area contributed by atoms with Gasteiger partial charge >= 0.3 is 0 Å². The van der Waals surface area contributed by atoms with E-state index in [-0.39, 0.29) is 30.6 Å². The fourth-order valence-electron chi connectivity index (χ4n) is 3.15. The molecule has 0 bridgehead atoms. The number of aromatic hydroxyl groups is 1. The second kappa shape index (κ2) is 9.82. The van der Waals surface area contributed by atoms with Crippen molar-refractivity contribution >= 4 is 30.8 Å². The Bertz CT molecular complexity index is 905. The van der Waals surface area contributed by atoms with Crippen molar-refractivity contribution in [3.63, 3.8) is 0 Å². The molecule has 9 nitrogen and oxygen atoms in total. The molecule has 1 aliphatic rings. The van der Waals surface area contributed by atoms with Gasteiger partial charge in [0.05, 0.1) is 24.3 Å². The molecule has 2 N–H and O–H groups in total. The van der Waals surface area contributed by atoms with E-state index in [1.165, 1.54) is 4.80 Å². The molecular weight excluding hydrogens is 415 g/mol. The third kappa shape index (κ3) is 4.92. The summed E-state index contributed by atoms with van der Waals surface area (Å²) in [4.78, 5) is 8.05. The molecule has 1 aromatic carbocycles. The lowest BCUT2D eigenvalue weighted by Gasteiger charge is -2.35. The van der Waals surface area contributed by atoms with Gasteiger partial charge in [0, 0.05) is 37.3 Å². The van der Waals surface area contributed by atoms with Crippen LogP contribution >= 0.6 is 24.8 Å². The molecule has 4 rings (SSSR count). The zero-order chi connectivity index (χ0) is 18.8. The summed E-state index contributed by atoms with van der Waals surface area (Å²) in [6.07, 6.45) is 4.81. The molecule has 156 valence electrons. The first kappa shape index (κ1) is 22.8. The minimum absolute atomic E-state index is 0. The number of piperazine rings is 1. The van der Waals surface area contributed by atoms with Crippen LogP contribution in [-0.4, -0.2) is 61.0 Å². The first-order valence-corrected chi connectivity index (χ1v) is 9.00. The number of phenolic OH excluding ortho intramolecular Hbond substituents is 1. The Kier molecular flexibility index (Phi) is 7.72. The first-order valence-electron chi connectivity index (χ1n) is 9.00. The van der Waals surface area contributed by atoms with Crippen LogP contribution in [0.4, 0.5) is 5.95 Å². The molecule has 1 atom stereocenters. The van der Waals surface area contributed by atoms with Gasteiger partial charge in [0.25, 0.3) is 0 Å². The third-order valence-electron chi connectivity index (χ3n) is 4.75. The molecule has 2 aromatic heterocycles. The molecule has 1 aliphatic heterocycles. The Morgan fingerprint density at radius 2 is 1.90 bits per heavy atom. The Hall–Kier alpha value is -2.49. The molecule has 0 amide bonds. The van der Waals surface area contributed by atoms with Crippen LogP contribution in [0.2, 0.25) is 0 Å². The molecule has 1 fully saturated rings. The Balaban J connectivity index is 0.00000150. The average Bonchev–Trinajstić information content (AvgIpc) is 3.23. The van der Waals surface area contributed by atoms with E-state index >= 15 is 0 Å². The van der Waals surface area contributed by atoms with Gasteiger partial charge in [-0.3, -0.25) is 0 Å². The van der Waals surface area contributed by atoms with E-state index in [4.69, 9.17) is 0 Å². The summed E-state index contributed by atoms with van der Waals surface area (Å²) < 4.78 is 0. The lowest BCUT2D eigenvalue weighted by Crippen LogP contribution is -2.53. The van der Waals surface area contributed by atoms with Crippen molar-refractivity contribution in [2.24, 2.45) is 5.92 Å². The predicted molar refractivity (Wildman–Crippen MR) is 115 cm³/mol. The monoisotopic (exact) mass is 438 g/mol. The highest BCUT2D eigenvalue weighted by Gasteiger charge is 2.23. The Morgan fingerprint density at radius 1 is 1.14 bits per heavy atom. The summed E-state index contributed by atoms with van der Waals surface area (Å²) in [7, 11) is 0. The average molecular weight is 439 g/mol. The summed E-state index contributed by atoms with van der Waals surface area (Å²) in [5.74, 6) is 1.23. The van der Waals surface area contributed by atoms with E-state index in [1.807, 2.05) is 6.07 Å². The topological polar surface area (TPSA) is 105 Å². The van der Waals surface area contributed by atoms with Crippen LogP contribution in [-0.2, 0) is 0 Å². The molecule has 0 radical (unpaired) electrons. The smallest absolute Gasteiger partial charge is 0.245 e. The number of hydrogen-bond donors (Lipinski definition) is 2. The number of anilines is 1. The van der Waals surface area contributed by atoms with Crippen LogP contribution < -0.4 is 10.2 Å². The number of halogens is 2. The van der Waals surface area contributed by atoms with Crippen molar-refractivity contribution in [3.8, 4) is 22.7 Å². The van der Waals surface area contributed by atoms with E-state index in [2.05, 4.69) is 49.4 Å². The summed E-state index contributed by atoms with van der Waals surface area (Å²) in [6.45, 7) is 7.01. The molecule has 0 aliphatic carbocycles. The van der Waals surface area contributed by atoms with Crippen molar-refractivity contribution in [1.29, 1.82) is 0 Å². The molecule has 29 heavy (non-hydrogen) atoms. The van der Waals surface area contributed by atoms with Crippen molar-refractivity contribution in [2.45, 2.75) is 19.9 Å². The van der Waals surface area contributed by atoms with Crippen LogP contribution in [0.1, 0.15) is 13.8 Å². The lowest BCUT2D eigenvalue weighted by atomic mass is 10.0. The van der Waals surface area contributed by atoms with Gasteiger partial charge in [-0.25, -0.2) is 4.98 Å². The normalized spacial score (nSPS) is 16.2. The Labute approximate surface area is 181 Å². The Morgan fingerprint density at radius 3 is 2.52 bits per heavy atom. The number of phenols is 1. The molecule has 0 saturated carbocycles. The minimum atomic E-state index is 0. The van der Waals surface area contributed by atoms with Crippen molar-refractivity contribution in [3.05, 3.63) is 36.8 Å². The van der Waals surface area contributed by atoms with Gasteiger partial charge in [0.2, 0.25) is 5.95 Å². The number of nitrogens with zero attached hydrogens (tertiary/aromatic N) is 7. The molecule has 0 unspecified atom stereocenters. The van der Waals surface area contributed by atoms with Crippen molar-refractivity contribution in [1.82, 2.24) is 35.5 Å². The zero-order valence-electron chi connectivity index (χ0n) is 16.1. The zero-order valence-corrected chi connectivity index (χ0v) is 17.8. The maximum Gasteiger partial charge on any atom is 0.245 e. The highest BCUT2D eigenvalue weighted by atomic mass is 35.5. The summed E-state index contributed by atoms with van der Waals surface area (Å²) >= 11 is 0. The van der Waals surface area contributed by atoms with Gasteiger partial charge in [0.1, 0.15) is 11.4 Å². The first-order chi connectivity index (χ1) is 13.1. The van der Waals surface area contributed by atoms with E-state index in [0.29, 0.717) is 34.9 Å². The van der Waals surface area contributed by atoms with Crippen LogP contribution in [0.5, 0.6) is 5.75 Å². The second-order valence-electron chi connectivity index (χ2n) is 6.91. The number of nitrogens with one attached hydrogen (secondary N) is 1. The molecule has 1 saturated heterocycles. The maximum absolute atomic E-state index is 10.4. The van der Waals surface area contributed by atoms with Crippen LogP contribution in [0.25, 0.3) is 16.9 Å². The third-order valence-corrected chi connectivity index (χ3v) is 4.75. The largest absolute Gasteiger partial charge is 0.507 e. The highest BCUT2D eigenvalue weighted by Crippen LogP contribution is 2.29. The van der Waals surface area contributed by atoms with E-state index in [0.717, 1.165) is 19.6 Å². The fraction of sp³-hybridized carbons (Fsp3) is 0.389. The standard InChI is InChI=1S/C18H22N8O.2ClH/c1-12(2)16-11-25(8-7-19-16)18-20-10-15(23-24-18)14-4-3-13(9-17(14)27)26-21-5-6-22-26;;/h3-6,9-10,12,16,19,27H,7-8,11H2,1-2H3;2*1H/t16-;;/m1../s1. The van der Waals surface area contributed by atoms with E-state index in [1.54, 1.807) is 30.7 Å². The molecule has 11 heteroatoms. The second-order valence-corrected chi connectivity index (χ2v) is 6.91. The molecule has 3 aromatic rings. The van der Waals surface area contributed by atoms with Crippen molar-refractivity contribution in [2.75, 3.05) is 24.5 Å². The van der Waals surface area contributed by atoms with Gasteiger partial charge in [-0.15, -0.1) is 35.0 Å². The van der Waals surface area contributed by atoms with E-state index in [9.17, 15) is 5.11 Å². The van der Waals surface area contributed by atoms with Crippen LogP contribution in [0, 0.1) is 5.92 Å². The van der Waals surface area contributed by atoms with E-state index < -0.39 is 0 Å². The van der Waals surface area contributed by atoms with Gasteiger partial charge in [-0.2, -0.15) is 15.0 Å². The minimum Gasteiger partial charge on any atom is -0.507 e. The molecule has 0 spiro atoms.